The normalized spacial score (nSPS) is 16.0. The van der Waals surface area contributed by atoms with Gasteiger partial charge in [-0.05, 0) is 18.4 Å². The lowest BCUT2D eigenvalue weighted by Crippen LogP contribution is -2.25. The minimum absolute atomic E-state index is 0.0217. The number of carbonyl (C=O) groups is 1. The zero-order chi connectivity index (χ0) is 12.1. The standard InChI is InChI=1S/C13H18N2O2/c16-12-7-11(8-14-9-12)13(17)15-6-5-10-3-1-2-4-10/h7-10,16H,1-6H2,(H,15,17). The van der Waals surface area contributed by atoms with Gasteiger partial charge in [0.25, 0.3) is 5.91 Å². The van der Waals surface area contributed by atoms with Crippen molar-refractivity contribution in [3.8, 4) is 5.75 Å². The third-order valence-corrected chi connectivity index (χ3v) is 3.30. The molecule has 1 aliphatic rings. The molecule has 0 bridgehead atoms. The predicted molar refractivity (Wildman–Crippen MR) is 64.8 cm³/mol. The number of nitrogens with zero attached hydrogens (tertiary/aromatic N) is 1. The number of nitrogens with one attached hydrogen (secondary N) is 1. The lowest BCUT2D eigenvalue weighted by Gasteiger charge is -2.09. The second-order valence-electron chi connectivity index (χ2n) is 4.63. The van der Waals surface area contributed by atoms with E-state index >= 15 is 0 Å². The van der Waals surface area contributed by atoms with E-state index < -0.39 is 0 Å². The molecule has 1 amide bonds. The van der Waals surface area contributed by atoms with E-state index in [0.717, 1.165) is 12.3 Å². The SMILES string of the molecule is O=C(NCCC1CCCC1)c1cncc(O)c1. The molecule has 2 N–H and O–H groups in total. The molecule has 1 aliphatic carbocycles. The number of aromatic hydroxyl groups is 1. The summed E-state index contributed by atoms with van der Waals surface area (Å²) in [5.74, 6) is 0.637. The van der Waals surface area contributed by atoms with E-state index in [4.69, 9.17) is 0 Å². The van der Waals surface area contributed by atoms with E-state index in [0.29, 0.717) is 12.1 Å². The molecule has 1 saturated carbocycles. The van der Waals surface area contributed by atoms with Crippen LogP contribution in [0.1, 0.15) is 42.5 Å². The Morgan fingerprint density at radius 2 is 2.18 bits per heavy atom. The Morgan fingerprint density at radius 1 is 1.41 bits per heavy atom. The largest absolute Gasteiger partial charge is 0.506 e. The topological polar surface area (TPSA) is 62.2 Å². The number of hydrogen-bond acceptors (Lipinski definition) is 3. The van der Waals surface area contributed by atoms with Crippen molar-refractivity contribution in [1.82, 2.24) is 10.3 Å². The van der Waals surface area contributed by atoms with E-state index in [2.05, 4.69) is 10.3 Å². The van der Waals surface area contributed by atoms with Gasteiger partial charge in [0, 0.05) is 12.7 Å². The molecule has 1 heterocycles. The zero-order valence-corrected chi connectivity index (χ0v) is 9.85. The van der Waals surface area contributed by atoms with Crippen molar-refractivity contribution in [2.45, 2.75) is 32.1 Å². The van der Waals surface area contributed by atoms with Crippen molar-refractivity contribution in [3.05, 3.63) is 24.0 Å². The summed E-state index contributed by atoms with van der Waals surface area (Å²) in [5, 5.41) is 12.1. The number of pyridine rings is 1. The Kier molecular flexibility index (Phi) is 3.96. The molecule has 1 aromatic rings. The van der Waals surface area contributed by atoms with Gasteiger partial charge in [-0.2, -0.15) is 0 Å². The minimum atomic E-state index is -0.161. The maximum atomic E-state index is 11.7. The van der Waals surface area contributed by atoms with Crippen molar-refractivity contribution < 1.29 is 9.90 Å². The fourth-order valence-electron chi connectivity index (χ4n) is 2.34. The molecular formula is C13H18N2O2. The molecule has 0 aliphatic heterocycles. The van der Waals surface area contributed by atoms with Gasteiger partial charge in [-0.15, -0.1) is 0 Å². The van der Waals surface area contributed by atoms with Crippen LogP contribution in [0.2, 0.25) is 0 Å². The van der Waals surface area contributed by atoms with Crippen LogP contribution in [0, 0.1) is 5.92 Å². The molecule has 0 spiro atoms. The van der Waals surface area contributed by atoms with Crippen molar-refractivity contribution in [2.75, 3.05) is 6.54 Å². The highest BCUT2D eigenvalue weighted by Crippen LogP contribution is 2.26. The van der Waals surface area contributed by atoms with Crippen LogP contribution in [0.3, 0.4) is 0 Å². The molecule has 92 valence electrons. The van der Waals surface area contributed by atoms with Gasteiger partial charge < -0.3 is 10.4 Å². The average molecular weight is 234 g/mol. The van der Waals surface area contributed by atoms with Crippen LogP contribution < -0.4 is 5.32 Å². The fourth-order valence-corrected chi connectivity index (χ4v) is 2.34. The van der Waals surface area contributed by atoms with E-state index in [1.54, 1.807) is 0 Å². The molecule has 0 radical (unpaired) electrons. The van der Waals surface area contributed by atoms with E-state index in [1.165, 1.54) is 44.1 Å². The van der Waals surface area contributed by atoms with Crippen molar-refractivity contribution in [3.63, 3.8) is 0 Å². The molecule has 1 fully saturated rings. The Balaban J connectivity index is 1.77. The third-order valence-electron chi connectivity index (χ3n) is 3.30. The maximum absolute atomic E-state index is 11.7. The van der Waals surface area contributed by atoms with Crippen LogP contribution in [-0.4, -0.2) is 22.5 Å². The minimum Gasteiger partial charge on any atom is -0.506 e. The van der Waals surface area contributed by atoms with Gasteiger partial charge in [0.15, 0.2) is 0 Å². The van der Waals surface area contributed by atoms with Crippen LogP contribution in [0.4, 0.5) is 0 Å². The Morgan fingerprint density at radius 3 is 2.88 bits per heavy atom. The average Bonchev–Trinajstić information content (AvgIpc) is 2.82. The number of amides is 1. The predicted octanol–water partition coefficient (Wildman–Crippen LogP) is 2.10. The van der Waals surface area contributed by atoms with Crippen LogP contribution in [0.25, 0.3) is 0 Å². The summed E-state index contributed by atoms with van der Waals surface area (Å²) in [6.07, 6.45) is 9.08. The number of aromatic nitrogens is 1. The molecule has 0 saturated heterocycles. The highest BCUT2D eigenvalue weighted by molar-refractivity contribution is 5.94. The molecule has 0 atom stereocenters. The van der Waals surface area contributed by atoms with Gasteiger partial charge in [-0.25, -0.2) is 0 Å². The Hall–Kier alpha value is -1.58. The maximum Gasteiger partial charge on any atom is 0.252 e. The summed E-state index contributed by atoms with van der Waals surface area (Å²) in [5.41, 5.74) is 0.413. The smallest absolute Gasteiger partial charge is 0.252 e. The molecule has 17 heavy (non-hydrogen) atoms. The molecule has 1 aromatic heterocycles. The molecule has 0 aromatic carbocycles. The molecular weight excluding hydrogens is 216 g/mol. The zero-order valence-electron chi connectivity index (χ0n) is 9.85. The van der Waals surface area contributed by atoms with Crippen molar-refractivity contribution >= 4 is 5.91 Å². The van der Waals surface area contributed by atoms with Crippen LogP contribution in [-0.2, 0) is 0 Å². The summed E-state index contributed by atoms with van der Waals surface area (Å²) in [4.78, 5) is 15.5. The second kappa shape index (κ2) is 5.66. The van der Waals surface area contributed by atoms with Crippen LogP contribution in [0.15, 0.2) is 18.5 Å². The fraction of sp³-hybridized carbons (Fsp3) is 0.538. The quantitative estimate of drug-likeness (QED) is 0.838. The highest BCUT2D eigenvalue weighted by atomic mass is 16.3. The van der Waals surface area contributed by atoms with Crippen molar-refractivity contribution in [1.29, 1.82) is 0 Å². The van der Waals surface area contributed by atoms with E-state index in [1.807, 2.05) is 0 Å². The molecule has 4 nitrogen and oxygen atoms in total. The Bertz CT molecular complexity index is 387. The lowest BCUT2D eigenvalue weighted by molar-refractivity contribution is 0.0950. The first-order chi connectivity index (χ1) is 8.25. The first-order valence-corrected chi connectivity index (χ1v) is 6.18. The molecule has 2 rings (SSSR count). The van der Waals surface area contributed by atoms with Gasteiger partial charge in [0.2, 0.25) is 0 Å². The monoisotopic (exact) mass is 234 g/mol. The summed E-state index contributed by atoms with van der Waals surface area (Å²) in [6.45, 7) is 0.707. The van der Waals surface area contributed by atoms with Gasteiger partial charge in [-0.3, -0.25) is 9.78 Å². The summed E-state index contributed by atoms with van der Waals surface area (Å²) < 4.78 is 0. The van der Waals surface area contributed by atoms with Gasteiger partial charge in [0.1, 0.15) is 5.75 Å². The second-order valence-corrected chi connectivity index (χ2v) is 4.63. The van der Waals surface area contributed by atoms with Crippen molar-refractivity contribution in [2.24, 2.45) is 5.92 Å². The van der Waals surface area contributed by atoms with Gasteiger partial charge >= 0.3 is 0 Å². The molecule has 4 heteroatoms. The van der Waals surface area contributed by atoms with E-state index in [9.17, 15) is 9.90 Å². The summed E-state index contributed by atoms with van der Waals surface area (Å²) in [6, 6.07) is 1.43. The summed E-state index contributed by atoms with van der Waals surface area (Å²) in [7, 11) is 0. The number of hydrogen-bond donors (Lipinski definition) is 2. The third kappa shape index (κ3) is 3.44. The van der Waals surface area contributed by atoms with Gasteiger partial charge in [0.05, 0.1) is 11.8 Å². The first kappa shape index (κ1) is 11.9. The first-order valence-electron chi connectivity index (χ1n) is 6.18. The lowest BCUT2D eigenvalue weighted by atomic mass is 10.0. The van der Waals surface area contributed by atoms with Crippen LogP contribution >= 0.6 is 0 Å². The van der Waals surface area contributed by atoms with Crippen LogP contribution in [0.5, 0.6) is 5.75 Å². The molecule has 0 unspecified atom stereocenters. The number of carbonyl (C=O) groups excluding carboxylic acids is 1. The number of rotatable bonds is 4. The summed E-state index contributed by atoms with van der Waals surface area (Å²) >= 11 is 0. The Labute approximate surface area is 101 Å². The van der Waals surface area contributed by atoms with Gasteiger partial charge in [-0.1, -0.05) is 25.7 Å². The van der Waals surface area contributed by atoms with E-state index in [-0.39, 0.29) is 11.7 Å². The highest BCUT2D eigenvalue weighted by Gasteiger charge is 2.15.